The van der Waals surface area contributed by atoms with E-state index in [0.717, 1.165) is 59.6 Å². The van der Waals surface area contributed by atoms with Crippen molar-refractivity contribution in [3.63, 3.8) is 0 Å². The zero-order valence-electron chi connectivity index (χ0n) is 32.5. The van der Waals surface area contributed by atoms with Crippen molar-refractivity contribution in [3.05, 3.63) is 233 Å². The Bertz CT molecular complexity index is 2800. The second-order valence-electron chi connectivity index (χ2n) is 16.3. The summed E-state index contributed by atoms with van der Waals surface area (Å²) in [5.74, 6) is 1.24. The normalized spacial score (nSPS) is 20.2. The van der Waals surface area contributed by atoms with E-state index in [1.54, 1.807) is 0 Å². The van der Waals surface area contributed by atoms with Crippen molar-refractivity contribution >= 4 is 5.57 Å². The molecule has 11 rings (SSSR count). The molecular formula is C56H44N2. The van der Waals surface area contributed by atoms with Crippen LogP contribution in [0.4, 0.5) is 0 Å². The Morgan fingerprint density at radius 1 is 0.431 bits per heavy atom. The monoisotopic (exact) mass is 744 g/mol. The van der Waals surface area contributed by atoms with Crippen molar-refractivity contribution in [1.82, 2.24) is 9.97 Å². The van der Waals surface area contributed by atoms with Gasteiger partial charge in [-0.05, 0) is 118 Å². The highest BCUT2D eigenvalue weighted by Gasteiger charge is 2.35. The van der Waals surface area contributed by atoms with Crippen molar-refractivity contribution in [1.29, 1.82) is 0 Å². The third kappa shape index (κ3) is 6.30. The van der Waals surface area contributed by atoms with Crippen LogP contribution in [0.3, 0.4) is 0 Å². The summed E-state index contributed by atoms with van der Waals surface area (Å²) >= 11 is 0. The summed E-state index contributed by atoms with van der Waals surface area (Å²) in [7, 11) is 0. The predicted molar refractivity (Wildman–Crippen MR) is 239 cm³/mol. The van der Waals surface area contributed by atoms with Crippen LogP contribution in [0.15, 0.2) is 200 Å². The molecule has 4 atom stereocenters. The smallest absolute Gasteiger partial charge is 0.0711 e. The highest BCUT2D eigenvalue weighted by Crippen LogP contribution is 2.49. The van der Waals surface area contributed by atoms with Gasteiger partial charge in [-0.25, -0.2) is 0 Å². The highest BCUT2D eigenvalue weighted by atomic mass is 14.7. The highest BCUT2D eigenvalue weighted by molar-refractivity contribution is 5.85. The first kappa shape index (κ1) is 34.6. The van der Waals surface area contributed by atoms with Gasteiger partial charge in [0.2, 0.25) is 0 Å². The number of fused-ring (bicyclic) bond motifs is 6. The summed E-state index contributed by atoms with van der Waals surface area (Å²) in [6.07, 6.45) is 18.3. The van der Waals surface area contributed by atoms with Crippen molar-refractivity contribution in [3.8, 4) is 44.8 Å². The summed E-state index contributed by atoms with van der Waals surface area (Å²) in [4.78, 5) is 10.9. The van der Waals surface area contributed by atoms with E-state index in [0.29, 0.717) is 11.8 Å². The molecule has 0 radical (unpaired) electrons. The van der Waals surface area contributed by atoms with Gasteiger partial charge < -0.3 is 0 Å². The van der Waals surface area contributed by atoms with Gasteiger partial charge in [-0.3, -0.25) is 9.97 Å². The summed E-state index contributed by atoms with van der Waals surface area (Å²) in [5.41, 5.74) is 19.7. The average molecular weight is 745 g/mol. The maximum absolute atomic E-state index is 5.47. The van der Waals surface area contributed by atoms with Crippen molar-refractivity contribution in [2.45, 2.75) is 43.4 Å². The molecule has 2 nitrogen and oxygen atoms in total. The molecule has 0 bridgehead atoms. The van der Waals surface area contributed by atoms with Gasteiger partial charge in [-0.1, -0.05) is 164 Å². The van der Waals surface area contributed by atoms with E-state index in [1.807, 2.05) is 0 Å². The minimum absolute atomic E-state index is 0.173. The summed E-state index contributed by atoms with van der Waals surface area (Å²) in [5, 5.41) is 0. The molecular weight excluding hydrogens is 701 g/mol. The molecule has 0 saturated carbocycles. The van der Waals surface area contributed by atoms with E-state index in [9.17, 15) is 0 Å². The zero-order valence-corrected chi connectivity index (χ0v) is 32.5. The Morgan fingerprint density at radius 3 is 1.71 bits per heavy atom. The van der Waals surface area contributed by atoms with Crippen LogP contribution < -0.4 is 0 Å². The number of hydrogen-bond donors (Lipinski definition) is 0. The maximum Gasteiger partial charge on any atom is 0.0711 e. The van der Waals surface area contributed by atoms with Gasteiger partial charge in [-0.15, -0.1) is 0 Å². The maximum atomic E-state index is 5.47. The lowest BCUT2D eigenvalue weighted by atomic mass is 9.68. The van der Waals surface area contributed by atoms with E-state index < -0.39 is 0 Å². The van der Waals surface area contributed by atoms with Crippen molar-refractivity contribution < 1.29 is 0 Å². The SMILES string of the molecule is C1=CC2CC(c3cc(-c4cccc(-c5cc(-c6ccccc6)nc(C6CC7=CCCC=C7c7ccccc76)c5)c4)cc(-c4ccccc4)n3)c3ccccc3C2C=C1. The lowest BCUT2D eigenvalue weighted by molar-refractivity contribution is 0.459. The van der Waals surface area contributed by atoms with E-state index in [-0.39, 0.29) is 11.8 Å². The van der Waals surface area contributed by atoms with Crippen LogP contribution >= 0.6 is 0 Å². The molecule has 278 valence electrons. The number of aromatic nitrogens is 2. The molecule has 5 aromatic carbocycles. The molecule has 0 amide bonds. The molecule has 0 spiro atoms. The first-order chi connectivity index (χ1) is 28.7. The molecule has 4 aliphatic rings. The molecule has 0 aliphatic heterocycles. The van der Waals surface area contributed by atoms with E-state index >= 15 is 0 Å². The van der Waals surface area contributed by atoms with Gasteiger partial charge >= 0.3 is 0 Å². The lowest BCUT2D eigenvalue weighted by Crippen LogP contribution is -2.24. The van der Waals surface area contributed by atoms with Crippen LogP contribution in [0.2, 0.25) is 0 Å². The summed E-state index contributed by atoms with van der Waals surface area (Å²) in [6, 6.07) is 57.8. The van der Waals surface area contributed by atoms with Crippen LogP contribution in [-0.4, -0.2) is 9.97 Å². The quantitative estimate of drug-likeness (QED) is 0.169. The van der Waals surface area contributed by atoms with E-state index in [4.69, 9.17) is 9.97 Å². The topological polar surface area (TPSA) is 25.8 Å². The zero-order chi connectivity index (χ0) is 38.4. The minimum Gasteiger partial charge on any atom is -0.252 e. The van der Waals surface area contributed by atoms with Gasteiger partial charge in [0, 0.05) is 40.3 Å². The molecule has 2 heterocycles. The van der Waals surface area contributed by atoms with Gasteiger partial charge in [0.25, 0.3) is 0 Å². The second-order valence-corrected chi connectivity index (χ2v) is 16.3. The fraction of sp³-hybridized carbons (Fsp3) is 0.143. The van der Waals surface area contributed by atoms with Crippen LogP contribution in [-0.2, 0) is 0 Å². The predicted octanol–water partition coefficient (Wildman–Crippen LogP) is 14.1. The lowest BCUT2D eigenvalue weighted by Gasteiger charge is -2.36. The Hall–Kier alpha value is -6.64. The molecule has 0 N–H and O–H groups in total. The fourth-order valence-corrected chi connectivity index (χ4v) is 10.1. The standard InChI is InChI=1S/C56H44N2/c1-3-16-37(17-4-1)53-33-43(35-55(57-53)51-31-41-20-7-9-24-45(41)47-26-11-13-28-49(47)51)39-22-15-23-40(30-39)44-34-54(38-18-5-2-6-19-38)58-56(36-44)52-32-42-21-8-10-25-46(42)48-27-12-14-29-50(48)52/h1-7,9,11-30,33-36,41,45,51-52H,8,10,31-32H2. The van der Waals surface area contributed by atoms with Gasteiger partial charge in [0.1, 0.15) is 0 Å². The number of pyridine rings is 2. The number of rotatable bonds is 6. The first-order valence-corrected chi connectivity index (χ1v) is 20.9. The van der Waals surface area contributed by atoms with Crippen LogP contribution in [0, 0.1) is 5.92 Å². The van der Waals surface area contributed by atoms with Gasteiger partial charge in [0.05, 0.1) is 11.4 Å². The Kier molecular flexibility index (Phi) is 8.77. The third-order valence-corrected chi connectivity index (χ3v) is 12.9. The van der Waals surface area contributed by atoms with E-state index in [2.05, 4.69) is 194 Å². The molecule has 4 aliphatic carbocycles. The van der Waals surface area contributed by atoms with Crippen LogP contribution in [0.1, 0.15) is 77.1 Å². The summed E-state index contributed by atoms with van der Waals surface area (Å²) < 4.78 is 0. The largest absolute Gasteiger partial charge is 0.252 e. The molecule has 7 aromatic rings. The first-order valence-electron chi connectivity index (χ1n) is 20.9. The molecule has 2 aromatic heterocycles. The minimum atomic E-state index is 0.173. The number of hydrogen-bond acceptors (Lipinski definition) is 2. The number of allylic oxidation sites excluding steroid dienone is 8. The third-order valence-electron chi connectivity index (χ3n) is 12.9. The van der Waals surface area contributed by atoms with Crippen molar-refractivity contribution in [2.24, 2.45) is 5.92 Å². The van der Waals surface area contributed by atoms with E-state index in [1.165, 1.54) is 55.7 Å². The molecule has 0 saturated heterocycles. The van der Waals surface area contributed by atoms with Crippen LogP contribution in [0.5, 0.6) is 0 Å². The fourth-order valence-electron chi connectivity index (χ4n) is 10.1. The van der Waals surface area contributed by atoms with Crippen LogP contribution in [0.25, 0.3) is 50.3 Å². The molecule has 4 unspecified atom stereocenters. The molecule has 0 fully saturated rings. The summed E-state index contributed by atoms with van der Waals surface area (Å²) in [6.45, 7) is 0. The average Bonchev–Trinajstić information content (AvgIpc) is 3.31. The van der Waals surface area contributed by atoms with Gasteiger partial charge in [-0.2, -0.15) is 0 Å². The molecule has 58 heavy (non-hydrogen) atoms. The number of benzene rings is 5. The Labute approximate surface area is 341 Å². The Balaban J connectivity index is 1.05. The molecule has 2 heteroatoms. The van der Waals surface area contributed by atoms with Gasteiger partial charge in [0.15, 0.2) is 0 Å². The Morgan fingerprint density at radius 2 is 1.00 bits per heavy atom. The second kappa shape index (κ2) is 14.7. The number of nitrogens with zero attached hydrogens (tertiary/aromatic N) is 2. The van der Waals surface area contributed by atoms with Crippen molar-refractivity contribution in [2.75, 3.05) is 0 Å².